The summed E-state index contributed by atoms with van der Waals surface area (Å²) in [7, 11) is 0. The summed E-state index contributed by atoms with van der Waals surface area (Å²) in [5.74, 6) is 5.42. The quantitative estimate of drug-likeness (QED) is 0.563. The SMILES string of the molecule is CCC1(CNC(=O)c2nc(NN)ccc2Cl)CC1. The molecule has 1 fully saturated rings. The van der Waals surface area contributed by atoms with E-state index in [1.165, 1.54) is 12.8 Å². The Morgan fingerprint density at radius 2 is 2.28 bits per heavy atom. The number of amides is 1. The highest BCUT2D eigenvalue weighted by molar-refractivity contribution is 6.33. The topological polar surface area (TPSA) is 80.0 Å². The van der Waals surface area contributed by atoms with Crippen molar-refractivity contribution in [1.29, 1.82) is 0 Å². The van der Waals surface area contributed by atoms with Crippen LogP contribution in [0.3, 0.4) is 0 Å². The number of carbonyl (C=O) groups excluding carboxylic acids is 1. The minimum atomic E-state index is -0.253. The highest BCUT2D eigenvalue weighted by Crippen LogP contribution is 2.47. The normalized spacial score (nSPS) is 16.2. The lowest BCUT2D eigenvalue weighted by Gasteiger charge is -2.13. The molecule has 0 aromatic carbocycles. The van der Waals surface area contributed by atoms with Crippen LogP contribution in [0.4, 0.5) is 5.82 Å². The van der Waals surface area contributed by atoms with Crippen LogP contribution in [-0.2, 0) is 0 Å². The Hall–Kier alpha value is -1.33. The first-order valence-electron chi connectivity index (χ1n) is 6.01. The molecule has 98 valence electrons. The fraction of sp³-hybridized carbons (Fsp3) is 0.500. The molecule has 1 amide bonds. The molecular formula is C12H17ClN4O. The Kier molecular flexibility index (Phi) is 3.73. The van der Waals surface area contributed by atoms with Gasteiger partial charge in [-0.25, -0.2) is 10.8 Å². The van der Waals surface area contributed by atoms with Gasteiger partial charge in [-0.05, 0) is 36.8 Å². The van der Waals surface area contributed by atoms with Gasteiger partial charge in [0.05, 0.1) is 5.02 Å². The van der Waals surface area contributed by atoms with Crippen molar-refractivity contribution in [2.45, 2.75) is 26.2 Å². The van der Waals surface area contributed by atoms with Gasteiger partial charge in [-0.15, -0.1) is 0 Å². The standard InChI is InChI=1S/C12H17ClN4O/c1-2-12(5-6-12)7-15-11(18)10-8(13)3-4-9(16-10)17-14/h3-4H,2,5-7,14H2,1H3,(H,15,18)(H,16,17). The number of halogens is 1. The number of nitrogen functional groups attached to an aromatic ring is 1. The van der Waals surface area contributed by atoms with Gasteiger partial charge in [-0.2, -0.15) is 0 Å². The predicted molar refractivity (Wildman–Crippen MR) is 71.3 cm³/mol. The van der Waals surface area contributed by atoms with Crippen molar-refractivity contribution in [3.63, 3.8) is 0 Å². The Bertz CT molecular complexity index is 459. The average Bonchev–Trinajstić information content (AvgIpc) is 3.17. The number of anilines is 1. The lowest BCUT2D eigenvalue weighted by atomic mass is 10.0. The third-order valence-corrected chi connectivity index (χ3v) is 3.85. The largest absolute Gasteiger partial charge is 0.350 e. The van der Waals surface area contributed by atoms with Crippen LogP contribution >= 0.6 is 11.6 Å². The molecule has 1 aromatic rings. The van der Waals surface area contributed by atoms with Crippen LogP contribution in [0.1, 0.15) is 36.7 Å². The van der Waals surface area contributed by atoms with Crippen LogP contribution in [0.5, 0.6) is 0 Å². The van der Waals surface area contributed by atoms with E-state index in [0.29, 0.717) is 22.8 Å². The van der Waals surface area contributed by atoms with E-state index in [9.17, 15) is 4.79 Å². The first kappa shape index (κ1) is 13.1. The highest BCUT2D eigenvalue weighted by atomic mass is 35.5. The second-order valence-corrected chi connectivity index (χ2v) is 5.11. The maximum atomic E-state index is 12.0. The summed E-state index contributed by atoms with van der Waals surface area (Å²) < 4.78 is 0. The minimum absolute atomic E-state index is 0.207. The smallest absolute Gasteiger partial charge is 0.271 e. The molecular weight excluding hydrogens is 252 g/mol. The fourth-order valence-corrected chi connectivity index (χ4v) is 2.06. The molecule has 6 heteroatoms. The zero-order valence-electron chi connectivity index (χ0n) is 10.3. The number of carbonyl (C=O) groups is 1. The van der Waals surface area contributed by atoms with E-state index >= 15 is 0 Å². The monoisotopic (exact) mass is 268 g/mol. The molecule has 0 radical (unpaired) electrons. The molecule has 2 rings (SSSR count). The molecule has 1 aliphatic rings. The molecule has 4 N–H and O–H groups in total. The lowest BCUT2D eigenvalue weighted by molar-refractivity contribution is 0.0939. The average molecular weight is 269 g/mol. The van der Waals surface area contributed by atoms with E-state index in [1.807, 2.05) is 0 Å². The molecule has 1 aliphatic carbocycles. The zero-order chi connectivity index (χ0) is 13.2. The number of hydrazine groups is 1. The molecule has 18 heavy (non-hydrogen) atoms. The summed E-state index contributed by atoms with van der Waals surface area (Å²) in [6.07, 6.45) is 3.43. The molecule has 1 saturated carbocycles. The summed E-state index contributed by atoms with van der Waals surface area (Å²) in [4.78, 5) is 16.1. The van der Waals surface area contributed by atoms with E-state index < -0.39 is 0 Å². The molecule has 0 spiro atoms. The number of hydrogen-bond donors (Lipinski definition) is 3. The Labute approximate surface area is 111 Å². The van der Waals surface area contributed by atoms with Gasteiger partial charge >= 0.3 is 0 Å². The first-order chi connectivity index (χ1) is 8.60. The van der Waals surface area contributed by atoms with Crippen LogP contribution in [-0.4, -0.2) is 17.4 Å². The Morgan fingerprint density at radius 3 is 2.83 bits per heavy atom. The number of nitrogens with one attached hydrogen (secondary N) is 2. The van der Waals surface area contributed by atoms with E-state index in [1.54, 1.807) is 12.1 Å². The van der Waals surface area contributed by atoms with Crippen molar-refractivity contribution in [1.82, 2.24) is 10.3 Å². The third kappa shape index (κ3) is 2.73. The van der Waals surface area contributed by atoms with Gasteiger partial charge in [-0.1, -0.05) is 18.5 Å². The van der Waals surface area contributed by atoms with Crippen molar-refractivity contribution in [2.75, 3.05) is 12.0 Å². The van der Waals surface area contributed by atoms with Crippen molar-refractivity contribution >= 4 is 23.3 Å². The molecule has 0 bridgehead atoms. The first-order valence-corrected chi connectivity index (χ1v) is 6.39. The van der Waals surface area contributed by atoms with E-state index in [-0.39, 0.29) is 11.6 Å². The summed E-state index contributed by atoms with van der Waals surface area (Å²) in [6.45, 7) is 2.82. The second-order valence-electron chi connectivity index (χ2n) is 4.71. The minimum Gasteiger partial charge on any atom is -0.350 e. The lowest BCUT2D eigenvalue weighted by Crippen LogP contribution is -2.31. The molecule has 1 aromatic heterocycles. The second kappa shape index (κ2) is 5.12. The van der Waals surface area contributed by atoms with Crippen LogP contribution in [0, 0.1) is 5.41 Å². The number of hydrogen-bond acceptors (Lipinski definition) is 4. The van der Waals surface area contributed by atoms with Gasteiger partial charge in [0.15, 0.2) is 0 Å². The molecule has 0 aliphatic heterocycles. The Balaban J connectivity index is 2.04. The Morgan fingerprint density at radius 1 is 1.56 bits per heavy atom. The van der Waals surface area contributed by atoms with Crippen molar-refractivity contribution in [2.24, 2.45) is 11.3 Å². The number of nitrogens with zero attached hydrogens (tertiary/aromatic N) is 1. The zero-order valence-corrected chi connectivity index (χ0v) is 11.0. The van der Waals surface area contributed by atoms with E-state index in [2.05, 4.69) is 22.7 Å². The molecule has 0 saturated heterocycles. The van der Waals surface area contributed by atoms with Crippen molar-refractivity contribution < 1.29 is 4.79 Å². The van der Waals surface area contributed by atoms with Gasteiger partial charge in [-0.3, -0.25) is 4.79 Å². The van der Waals surface area contributed by atoms with Crippen LogP contribution in [0.25, 0.3) is 0 Å². The number of rotatable bonds is 5. The number of aromatic nitrogens is 1. The molecule has 0 atom stereocenters. The van der Waals surface area contributed by atoms with E-state index in [4.69, 9.17) is 17.4 Å². The number of pyridine rings is 1. The van der Waals surface area contributed by atoms with Crippen molar-refractivity contribution in [3.8, 4) is 0 Å². The molecule has 1 heterocycles. The van der Waals surface area contributed by atoms with E-state index in [0.717, 1.165) is 6.42 Å². The van der Waals surface area contributed by atoms with Gasteiger partial charge in [0, 0.05) is 6.54 Å². The maximum Gasteiger partial charge on any atom is 0.271 e. The van der Waals surface area contributed by atoms with Crippen LogP contribution in [0.2, 0.25) is 5.02 Å². The van der Waals surface area contributed by atoms with Gasteiger partial charge < -0.3 is 10.7 Å². The molecule has 0 unspecified atom stereocenters. The van der Waals surface area contributed by atoms with Gasteiger partial charge in [0.1, 0.15) is 11.5 Å². The number of nitrogens with two attached hydrogens (primary N) is 1. The fourth-order valence-electron chi connectivity index (χ4n) is 1.87. The summed E-state index contributed by atoms with van der Waals surface area (Å²) in [6, 6.07) is 3.22. The highest BCUT2D eigenvalue weighted by Gasteiger charge is 2.40. The maximum absolute atomic E-state index is 12.0. The van der Waals surface area contributed by atoms with Gasteiger partial charge in [0.25, 0.3) is 5.91 Å². The summed E-state index contributed by atoms with van der Waals surface area (Å²) >= 11 is 5.96. The summed E-state index contributed by atoms with van der Waals surface area (Å²) in [5.41, 5.74) is 2.90. The van der Waals surface area contributed by atoms with Crippen molar-refractivity contribution in [3.05, 3.63) is 22.8 Å². The van der Waals surface area contributed by atoms with Gasteiger partial charge in [0.2, 0.25) is 0 Å². The summed E-state index contributed by atoms with van der Waals surface area (Å²) in [5, 5.41) is 3.22. The molecule has 5 nitrogen and oxygen atoms in total. The third-order valence-electron chi connectivity index (χ3n) is 3.54. The predicted octanol–water partition coefficient (Wildman–Crippen LogP) is 1.94. The van der Waals surface area contributed by atoms with Crippen LogP contribution in [0.15, 0.2) is 12.1 Å². The van der Waals surface area contributed by atoms with Crippen LogP contribution < -0.4 is 16.6 Å².